The predicted molar refractivity (Wildman–Crippen MR) is 109 cm³/mol. The number of hydroxylamine groups is 1. The van der Waals surface area contributed by atoms with E-state index in [1.54, 1.807) is 30.5 Å². The second-order valence-corrected chi connectivity index (χ2v) is 6.54. The van der Waals surface area contributed by atoms with E-state index in [1.807, 2.05) is 36.4 Å². The Balaban J connectivity index is 1.37. The molecule has 3 aromatic carbocycles. The van der Waals surface area contributed by atoms with E-state index in [4.69, 9.17) is 9.25 Å². The van der Waals surface area contributed by atoms with Crippen molar-refractivity contribution >= 4 is 22.6 Å². The maximum absolute atomic E-state index is 12.9. The molecule has 0 bridgehead atoms. The van der Waals surface area contributed by atoms with Gasteiger partial charge in [0, 0.05) is 17.6 Å². The minimum absolute atomic E-state index is 0.145. The minimum atomic E-state index is -0.361. The Bertz CT molecular complexity index is 1120. The topological polar surface area (TPSA) is 63.5 Å². The van der Waals surface area contributed by atoms with E-state index in [-0.39, 0.29) is 18.3 Å². The summed E-state index contributed by atoms with van der Waals surface area (Å²) in [6.07, 6.45) is 1.66. The standard InChI is InChI=1S/C23H19FN2O3/c24-19-8-5-16(6-9-19)15-29-26-23(27)20-3-1-2-4-21(20)25-14-17-7-10-22-18(13-17)11-12-28-22/h1-13,25H,14-15H2,(H,26,27). The lowest BCUT2D eigenvalue weighted by molar-refractivity contribution is 0.0234. The Morgan fingerprint density at radius 2 is 1.76 bits per heavy atom. The predicted octanol–water partition coefficient (Wildman–Crippen LogP) is 5.05. The molecular formula is C23H19FN2O3. The van der Waals surface area contributed by atoms with Gasteiger partial charge in [0.1, 0.15) is 11.4 Å². The monoisotopic (exact) mass is 390 g/mol. The molecule has 0 fully saturated rings. The molecule has 4 aromatic rings. The molecule has 1 aromatic heterocycles. The highest BCUT2D eigenvalue weighted by atomic mass is 19.1. The first-order valence-corrected chi connectivity index (χ1v) is 9.15. The van der Waals surface area contributed by atoms with Crippen LogP contribution in [0.5, 0.6) is 0 Å². The lowest BCUT2D eigenvalue weighted by atomic mass is 10.1. The number of nitrogens with one attached hydrogen (secondary N) is 2. The number of carbonyl (C=O) groups excluding carboxylic acids is 1. The van der Waals surface area contributed by atoms with Crippen LogP contribution in [-0.4, -0.2) is 5.91 Å². The minimum Gasteiger partial charge on any atom is -0.464 e. The summed E-state index contributed by atoms with van der Waals surface area (Å²) in [5.41, 5.74) is 6.27. The third kappa shape index (κ3) is 4.62. The van der Waals surface area contributed by atoms with E-state index in [1.165, 1.54) is 12.1 Å². The normalized spacial score (nSPS) is 10.8. The fraction of sp³-hybridized carbons (Fsp3) is 0.0870. The van der Waals surface area contributed by atoms with Crippen LogP contribution < -0.4 is 10.8 Å². The lowest BCUT2D eigenvalue weighted by Crippen LogP contribution is -2.24. The van der Waals surface area contributed by atoms with Gasteiger partial charge in [-0.05, 0) is 53.6 Å². The summed E-state index contributed by atoms with van der Waals surface area (Å²) in [5, 5.41) is 4.32. The molecule has 0 aliphatic carbocycles. The first-order chi connectivity index (χ1) is 14.2. The van der Waals surface area contributed by atoms with Crippen molar-refractivity contribution in [3.63, 3.8) is 0 Å². The van der Waals surface area contributed by atoms with Crippen molar-refractivity contribution in [2.24, 2.45) is 0 Å². The van der Waals surface area contributed by atoms with Crippen LogP contribution in [0, 0.1) is 5.82 Å². The van der Waals surface area contributed by atoms with Crippen LogP contribution in [0.25, 0.3) is 11.0 Å². The van der Waals surface area contributed by atoms with Crippen molar-refractivity contribution in [3.05, 3.63) is 102 Å². The Morgan fingerprint density at radius 3 is 2.62 bits per heavy atom. The number of rotatable bonds is 7. The van der Waals surface area contributed by atoms with E-state index in [9.17, 15) is 9.18 Å². The molecule has 0 saturated heterocycles. The molecule has 2 N–H and O–H groups in total. The van der Waals surface area contributed by atoms with Crippen LogP contribution in [0.3, 0.4) is 0 Å². The number of halogens is 1. The zero-order valence-electron chi connectivity index (χ0n) is 15.5. The highest BCUT2D eigenvalue weighted by Crippen LogP contribution is 2.20. The van der Waals surface area contributed by atoms with Crippen molar-refractivity contribution in [3.8, 4) is 0 Å². The number of anilines is 1. The molecule has 29 heavy (non-hydrogen) atoms. The third-order valence-corrected chi connectivity index (χ3v) is 4.49. The van der Waals surface area contributed by atoms with E-state index < -0.39 is 0 Å². The second-order valence-electron chi connectivity index (χ2n) is 6.54. The average Bonchev–Trinajstić information content (AvgIpc) is 3.22. The Hall–Kier alpha value is -3.64. The van der Waals surface area contributed by atoms with E-state index in [2.05, 4.69) is 10.8 Å². The highest BCUT2D eigenvalue weighted by Gasteiger charge is 2.11. The summed E-state index contributed by atoms with van der Waals surface area (Å²) in [5.74, 6) is -0.676. The van der Waals surface area contributed by atoms with Crippen LogP contribution in [0.2, 0.25) is 0 Å². The van der Waals surface area contributed by atoms with Gasteiger partial charge in [-0.1, -0.05) is 30.3 Å². The van der Waals surface area contributed by atoms with Gasteiger partial charge >= 0.3 is 0 Å². The lowest BCUT2D eigenvalue weighted by Gasteiger charge is -2.12. The highest BCUT2D eigenvalue weighted by molar-refractivity contribution is 5.99. The fourth-order valence-corrected chi connectivity index (χ4v) is 2.98. The van der Waals surface area contributed by atoms with Gasteiger partial charge in [-0.25, -0.2) is 9.87 Å². The van der Waals surface area contributed by atoms with Gasteiger partial charge in [0.2, 0.25) is 0 Å². The van der Waals surface area contributed by atoms with Crippen molar-refractivity contribution in [1.82, 2.24) is 5.48 Å². The second kappa shape index (κ2) is 8.58. The summed E-state index contributed by atoms with van der Waals surface area (Å²) >= 11 is 0. The van der Waals surface area contributed by atoms with E-state index in [0.717, 1.165) is 22.1 Å². The van der Waals surface area contributed by atoms with Gasteiger partial charge in [-0.3, -0.25) is 9.63 Å². The van der Waals surface area contributed by atoms with Gasteiger partial charge in [0.05, 0.1) is 18.4 Å². The first kappa shape index (κ1) is 18.7. The number of hydrogen-bond acceptors (Lipinski definition) is 4. The number of carbonyl (C=O) groups is 1. The number of para-hydroxylation sites is 1. The van der Waals surface area contributed by atoms with Gasteiger partial charge in [0.15, 0.2) is 0 Å². The third-order valence-electron chi connectivity index (χ3n) is 4.49. The molecule has 0 unspecified atom stereocenters. The molecule has 1 amide bonds. The summed E-state index contributed by atoms with van der Waals surface area (Å²) in [6, 6.07) is 21.0. The summed E-state index contributed by atoms with van der Waals surface area (Å²) in [7, 11) is 0. The van der Waals surface area contributed by atoms with Crippen LogP contribution in [0.15, 0.2) is 83.5 Å². The van der Waals surface area contributed by atoms with E-state index in [0.29, 0.717) is 17.8 Å². The van der Waals surface area contributed by atoms with Crippen LogP contribution >= 0.6 is 0 Å². The molecule has 4 rings (SSSR count). The van der Waals surface area contributed by atoms with Crippen molar-refractivity contribution in [1.29, 1.82) is 0 Å². The number of amides is 1. The summed E-state index contributed by atoms with van der Waals surface area (Å²) in [4.78, 5) is 17.8. The van der Waals surface area contributed by atoms with Crippen molar-refractivity contribution in [2.45, 2.75) is 13.2 Å². The first-order valence-electron chi connectivity index (χ1n) is 9.15. The number of fused-ring (bicyclic) bond motifs is 1. The van der Waals surface area contributed by atoms with Crippen LogP contribution in [-0.2, 0) is 18.0 Å². The molecule has 146 valence electrons. The zero-order chi connectivity index (χ0) is 20.1. The SMILES string of the molecule is O=C(NOCc1ccc(F)cc1)c1ccccc1NCc1ccc2occc2c1. The fourth-order valence-electron chi connectivity index (χ4n) is 2.98. The molecule has 5 nitrogen and oxygen atoms in total. The van der Waals surface area contributed by atoms with Gasteiger partial charge in [-0.15, -0.1) is 0 Å². The summed E-state index contributed by atoms with van der Waals surface area (Å²) in [6.45, 7) is 0.703. The van der Waals surface area contributed by atoms with Crippen molar-refractivity contribution < 1.29 is 18.4 Å². The molecule has 0 radical (unpaired) electrons. The number of furan rings is 1. The zero-order valence-corrected chi connectivity index (χ0v) is 15.5. The van der Waals surface area contributed by atoms with Gasteiger partial charge in [0.25, 0.3) is 5.91 Å². The Kier molecular flexibility index (Phi) is 5.54. The van der Waals surface area contributed by atoms with Crippen LogP contribution in [0.4, 0.5) is 10.1 Å². The van der Waals surface area contributed by atoms with Gasteiger partial charge < -0.3 is 9.73 Å². The van der Waals surface area contributed by atoms with Crippen molar-refractivity contribution in [2.75, 3.05) is 5.32 Å². The molecule has 0 saturated carbocycles. The molecule has 0 aliphatic rings. The molecule has 0 atom stereocenters. The Morgan fingerprint density at radius 1 is 0.966 bits per heavy atom. The molecule has 0 aliphatic heterocycles. The quantitative estimate of drug-likeness (QED) is 0.434. The summed E-state index contributed by atoms with van der Waals surface area (Å²) < 4.78 is 18.3. The Labute approximate surface area is 167 Å². The molecule has 0 spiro atoms. The smallest absolute Gasteiger partial charge is 0.276 e. The average molecular weight is 390 g/mol. The van der Waals surface area contributed by atoms with E-state index >= 15 is 0 Å². The maximum Gasteiger partial charge on any atom is 0.276 e. The number of benzene rings is 3. The number of hydrogen-bond donors (Lipinski definition) is 2. The molecule has 1 heterocycles. The van der Waals surface area contributed by atoms with Crippen LogP contribution in [0.1, 0.15) is 21.5 Å². The largest absolute Gasteiger partial charge is 0.464 e. The molecular weight excluding hydrogens is 371 g/mol. The van der Waals surface area contributed by atoms with Gasteiger partial charge in [-0.2, -0.15) is 0 Å². The molecule has 6 heteroatoms. The maximum atomic E-state index is 12.9.